The molecular formula is C26H26F3NO5. The van der Waals surface area contributed by atoms with E-state index < -0.39 is 33.2 Å². The third-order valence-corrected chi connectivity index (χ3v) is 7.98. The largest absolute Gasteiger partial charge is 0.511 e. The lowest BCUT2D eigenvalue weighted by atomic mass is 9.58. The van der Waals surface area contributed by atoms with Crippen molar-refractivity contribution in [3.8, 4) is 11.5 Å². The van der Waals surface area contributed by atoms with Gasteiger partial charge in [0.15, 0.2) is 5.78 Å². The number of benzene rings is 2. The number of nitrogens with zero attached hydrogens (tertiary/aromatic N) is 1. The zero-order valence-electron chi connectivity index (χ0n) is 19.8. The molecule has 0 radical (unpaired) electrons. The van der Waals surface area contributed by atoms with Crippen molar-refractivity contribution in [3.63, 3.8) is 0 Å². The molecule has 0 aliphatic heterocycles. The average molecular weight is 489 g/mol. The number of aryl methyl sites for hydroxylation is 1. The number of ketones is 1. The Labute approximate surface area is 200 Å². The monoisotopic (exact) mass is 489 g/mol. The highest BCUT2D eigenvalue weighted by molar-refractivity contribution is 6.25. The van der Waals surface area contributed by atoms with Crippen LogP contribution in [0.25, 0.3) is 5.57 Å². The van der Waals surface area contributed by atoms with Gasteiger partial charge in [-0.2, -0.15) is 13.2 Å². The van der Waals surface area contributed by atoms with Crippen molar-refractivity contribution in [2.24, 2.45) is 16.7 Å². The SMILES string of the molecule is CCc1ccc(Oc2ccc(C(F)(F)F)cc2[N+](=O)[O-])cc1C1=C(O)[C@@H]2CC[C@](C)(C1=O)C2(C)C. The summed E-state index contributed by atoms with van der Waals surface area (Å²) in [6, 6.07) is 6.79. The highest BCUT2D eigenvalue weighted by atomic mass is 19.4. The summed E-state index contributed by atoms with van der Waals surface area (Å²) in [6.45, 7) is 7.78. The minimum atomic E-state index is -4.74. The lowest BCUT2D eigenvalue weighted by Crippen LogP contribution is -2.45. The first-order valence-electron chi connectivity index (χ1n) is 11.4. The molecule has 0 aromatic heterocycles. The van der Waals surface area contributed by atoms with E-state index in [0.29, 0.717) is 37.0 Å². The van der Waals surface area contributed by atoms with Crippen molar-refractivity contribution in [2.75, 3.05) is 0 Å². The Bertz CT molecular complexity index is 1260. The van der Waals surface area contributed by atoms with Gasteiger partial charge in [-0.05, 0) is 60.1 Å². The minimum Gasteiger partial charge on any atom is -0.511 e. The third kappa shape index (κ3) is 3.77. The summed E-state index contributed by atoms with van der Waals surface area (Å²) in [4.78, 5) is 24.2. The van der Waals surface area contributed by atoms with Crippen LogP contribution in [0.2, 0.25) is 0 Å². The van der Waals surface area contributed by atoms with Crippen LogP contribution in [0.1, 0.15) is 57.2 Å². The maximum Gasteiger partial charge on any atom is 0.416 e. The molecule has 2 aromatic rings. The minimum absolute atomic E-state index is 0.0299. The lowest BCUT2D eigenvalue weighted by molar-refractivity contribution is -0.385. The predicted molar refractivity (Wildman–Crippen MR) is 123 cm³/mol. The van der Waals surface area contributed by atoms with Gasteiger partial charge in [0.1, 0.15) is 11.5 Å². The first-order chi connectivity index (χ1) is 16.2. The van der Waals surface area contributed by atoms with Crippen molar-refractivity contribution in [3.05, 3.63) is 69.0 Å². The van der Waals surface area contributed by atoms with Crippen molar-refractivity contribution >= 4 is 17.0 Å². The molecule has 2 aliphatic rings. The van der Waals surface area contributed by atoms with Gasteiger partial charge >= 0.3 is 11.9 Å². The summed E-state index contributed by atoms with van der Waals surface area (Å²) < 4.78 is 44.8. The molecule has 1 fully saturated rings. The van der Waals surface area contributed by atoms with Gasteiger partial charge < -0.3 is 9.84 Å². The summed E-state index contributed by atoms with van der Waals surface area (Å²) in [5, 5.41) is 22.6. The topological polar surface area (TPSA) is 89.7 Å². The fourth-order valence-corrected chi connectivity index (χ4v) is 5.42. The van der Waals surface area contributed by atoms with Gasteiger partial charge in [-0.15, -0.1) is 0 Å². The summed E-state index contributed by atoms with van der Waals surface area (Å²) in [5.41, 5.74) is -1.60. The summed E-state index contributed by atoms with van der Waals surface area (Å²) in [5.74, 6) is -0.580. The number of aliphatic hydroxyl groups is 1. The molecule has 4 rings (SSSR count). The number of nitro benzene ring substituents is 1. The number of carbonyl (C=O) groups is 1. The van der Waals surface area contributed by atoms with Gasteiger partial charge in [0.05, 0.1) is 16.1 Å². The van der Waals surface area contributed by atoms with Crippen LogP contribution >= 0.6 is 0 Å². The number of halogens is 3. The molecule has 9 heteroatoms. The average Bonchev–Trinajstić information content (AvgIpc) is 2.96. The number of aliphatic hydroxyl groups excluding tert-OH is 1. The second-order valence-electron chi connectivity index (χ2n) is 9.95. The number of nitro groups is 1. The summed E-state index contributed by atoms with van der Waals surface area (Å²) in [6.07, 6.45) is -2.87. The van der Waals surface area contributed by atoms with E-state index in [-0.39, 0.29) is 34.5 Å². The van der Waals surface area contributed by atoms with Crippen LogP contribution in [-0.4, -0.2) is 15.8 Å². The Morgan fingerprint density at radius 1 is 1.17 bits per heavy atom. The van der Waals surface area contributed by atoms with Gasteiger partial charge in [0, 0.05) is 17.4 Å². The second-order valence-corrected chi connectivity index (χ2v) is 9.95. The maximum absolute atomic E-state index is 13.7. The molecular weight excluding hydrogens is 463 g/mol. The van der Waals surface area contributed by atoms with E-state index in [9.17, 15) is 33.2 Å². The zero-order chi connectivity index (χ0) is 25.9. The van der Waals surface area contributed by atoms with Gasteiger partial charge in [-0.3, -0.25) is 14.9 Å². The molecule has 0 heterocycles. The molecule has 0 spiro atoms. The number of rotatable bonds is 5. The van der Waals surface area contributed by atoms with Crippen molar-refractivity contribution in [1.29, 1.82) is 0 Å². The lowest BCUT2D eigenvalue weighted by Gasteiger charge is -2.45. The maximum atomic E-state index is 13.7. The van der Waals surface area contributed by atoms with Crippen molar-refractivity contribution < 1.29 is 32.7 Å². The van der Waals surface area contributed by atoms with Crippen LogP contribution in [0, 0.1) is 26.9 Å². The van der Waals surface area contributed by atoms with Crippen LogP contribution < -0.4 is 4.74 Å². The van der Waals surface area contributed by atoms with Gasteiger partial charge in [0.2, 0.25) is 5.75 Å². The van der Waals surface area contributed by atoms with Crippen LogP contribution in [0.3, 0.4) is 0 Å². The third-order valence-electron chi connectivity index (χ3n) is 7.98. The van der Waals surface area contributed by atoms with Crippen molar-refractivity contribution in [1.82, 2.24) is 0 Å². The second kappa shape index (κ2) is 8.10. The molecule has 1 saturated carbocycles. The number of Topliss-reactive ketones (excluding diaryl/α,β-unsaturated/α-hetero) is 1. The van der Waals surface area contributed by atoms with Gasteiger partial charge in [-0.1, -0.05) is 33.8 Å². The number of alkyl halides is 3. The Hall–Kier alpha value is -3.36. The fraction of sp³-hybridized carbons (Fsp3) is 0.423. The first-order valence-corrected chi connectivity index (χ1v) is 11.4. The Balaban J connectivity index is 1.80. The quantitative estimate of drug-likeness (QED) is 0.353. The smallest absolute Gasteiger partial charge is 0.416 e. The fourth-order valence-electron chi connectivity index (χ4n) is 5.42. The van der Waals surface area contributed by atoms with E-state index in [2.05, 4.69) is 0 Å². The van der Waals surface area contributed by atoms with E-state index in [1.165, 1.54) is 12.1 Å². The van der Waals surface area contributed by atoms with Crippen LogP contribution in [-0.2, 0) is 17.4 Å². The molecule has 1 N–H and O–H groups in total. The highest BCUT2D eigenvalue weighted by Crippen LogP contribution is 2.63. The summed E-state index contributed by atoms with van der Waals surface area (Å²) >= 11 is 0. The predicted octanol–water partition coefficient (Wildman–Crippen LogP) is 7.26. The molecule has 2 aromatic carbocycles. The molecule has 2 aliphatic carbocycles. The molecule has 0 amide bonds. The number of allylic oxidation sites excluding steroid dienone is 2. The van der Waals surface area contributed by atoms with Gasteiger partial charge in [0.25, 0.3) is 0 Å². The normalized spacial score (nSPS) is 23.5. The molecule has 6 nitrogen and oxygen atoms in total. The van der Waals surface area contributed by atoms with E-state index in [0.717, 1.165) is 11.6 Å². The van der Waals surface area contributed by atoms with Gasteiger partial charge in [-0.25, -0.2) is 0 Å². The molecule has 0 unspecified atom stereocenters. The van der Waals surface area contributed by atoms with Crippen LogP contribution in [0.4, 0.5) is 18.9 Å². The number of hydrogen-bond acceptors (Lipinski definition) is 5. The highest BCUT2D eigenvalue weighted by Gasteiger charge is 2.61. The summed E-state index contributed by atoms with van der Waals surface area (Å²) in [7, 11) is 0. The number of hydrogen-bond donors (Lipinski definition) is 1. The molecule has 2 bridgehead atoms. The zero-order valence-corrected chi connectivity index (χ0v) is 19.8. The number of fused-ring (bicyclic) bond motifs is 2. The first kappa shape index (κ1) is 24.8. The number of ether oxygens (including phenoxy) is 1. The Kier molecular flexibility index (Phi) is 5.73. The van der Waals surface area contributed by atoms with E-state index >= 15 is 0 Å². The van der Waals surface area contributed by atoms with E-state index in [1.807, 2.05) is 27.7 Å². The Morgan fingerprint density at radius 2 is 1.86 bits per heavy atom. The van der Waals surface area contributed by atoms with E-state index in [4.69, 9.17) is 4.74 Å². The number of carbonyl (C=O) groups excluding carboxylic acids is 1. The van der Waals surface area contributed by atoms with E-state index in [1.54, 1.807) is 6.07 Å². The van der Waals surface area contributed by atoms with Crippen molar-refractivity contribution in [2.45, 2.75) is 53.1 Å². The standard InChI is InChI=1S/C26H26F3NO5/c1-5-14-6-8-16(35-20-9-7-15(26(27,28)29)12-19(20)30(33)34)13-17(14)21-22(31)18-10-11-25(4,23(21)32)24(18,2)3/h6-9,12-13,18,31H,5,10-11H2,1-4H3/t18-,25+/m0/s1. The molecule has 0 saturated heterocycles. The molecule has 186 valence electrons. The Morgan fingerprint density at radius 3 is 2.46 bits per heavy atom. The molecule has 2 atom stereocenters. The molecule has 35 heavy (non-hydrogen) atoms. The van der Waals surface area contributed by atoms with Crippen LogP contribution in [0.15, 0.2) is 42.2 Å². The van der Waals surface area contributed by atoms with Crippen LogP contribution in [0.5, 0.6) is 11.5 Å².